The third-order valence-electron chi connectivity index (χ3n) is 5.43. The van der Waals surface area contributed by atoms with E-state index in [1.807, 2.05) is 6.07 Å². The summed E-state index contributed by atoms with van der Waals surface area (Å²) in [6.07, 6.45) is 8.72. The number of sulfonamides is 1. The highest BCUT2D eigenvalue weighted by Gasteiger charge is 2.24. The molecule has 2 aromatic rings. The van der Waals surface area contributed by atoms with Crippen molar-refractivity contribution in [3.8, 4) is 0 Å². The highest BCUT2D eigenvalue weighted by molar-refractivity contribution is 7.89. The SMILES string of the molecule is CCCN(CCC)C1CCc2ccc(CNS(=O)(=O)c3cn(C)cn3)cc2C1. The van der Waals surface area contributed by atoms with Crippen molar-refractivity contribution in [2.24, 2.45) is 7.05 Å². The van der Waals surface area contributed by atoms with Gasteiger partial charge in [0.15, 0.2) is 5.03 Å². The van der Waals surface area contributed by atoms with Crippen LogP contribution in [0.25, 0.3) is 0 Å². The van der Waals surface area contributed by atoms with Gasteiger partial charge in [0, 0.05) is 25.8 Å². The number of nitrogens with zero attached hydrogens (tertiary/aromatic N) is 3. The van der Waals surface area contributed by atoms with Gasteiger partial charge in [-0.3, -0.25) is 0 Å². The van der Waals surface area contributed by atoms with Gasteiger partial charge in [0.1, 0.15) is 0 Å². The average molecular weight is 405 g/mol. The minimum Gasteiger partial charge on any atom is -0.339 e. The van der Waals surface area contributed by atoms with E-state index < -0.39 is 10.0 Å². The Morgan fingerprint density at radius 3 is 2.61 bits per heavy atom. The largest absolute Gasteiger partial charge is 0.339 e. The molecule has 0 amide bonds. The molecule has 1 aliphatic carbocycles. The Balaban J connectivity index is 1.68. The van der Waals surface area contributed by atoms with Crippen molar-refractivity contribution in [2.45, 2.75) is 63.6 Å². The molecular formula is C21H32N4O2S. The summed E-state index contributed by atoms with van der Waals surface area (Å²) in [7, 11) is -1.83. The molecule has 0 saturated carbocycles. The molecule has 0 saturated heterocycles. The lowest BCUT2D eigenvalue weighted by atomic mass is 9.86. The Labute approximate surface area is 169 Å². The monoisotopic (exact) mass is 404 g/mol. The van der Waals surface area contributed by atoms with E-state index in [4.69, 9.17) is 0 Å². The standard InChI is InChI=1S/C21H32N4O2S/c1-4-10-25(11-5-2)20-9-8-18-7-6-17(12-19(18)13-20)14-23-28(26,27)21-15-24(3)16-22-21/h6-7,12,15-16,20,23H,4-5,8-11,13-14H2,1-3H3. The molecule has 0 radical (unpaired) electrons. The number of fused-ring (bicyclic) bond motifs is 1. The van der Waals surface area contributed by atoms with Crippen LogP contribution in [0.2, 0.25) is 0 Å². The van der Waals surface area contributed by atoms with Gasteiger partial charge in [-0.05, 0) is 61.9 Å². The van der Waals surface area contributed by atoms with Crippen LogP contribution in [0.15, 0.2) is 35.7 Å². The number of nitrogens with one attached hydrogen (secondary N) is 1. The summed E-state index contributed by atoms with van der Waals surface area (Å²) < 4.78 is 29.1. The number of imidazole rings is 1. The first-order valence-electron chi connectivity index (χ1n) is 10.2. The third kappa shape index (κ3) is 5.01. The fourth-order valence-corrected chi connectivity index (χ4v) is 5.04. The van der Waals surface area contributed by atoms with Crippen molar-refractivity contribution in [1.29, 1.82) is 0 Å². The van der Waals surface area contributed by atoms with Gasteiger partial charge < -0.3 is 9.47 Å². The molecule has 0 aliphatic heterocycles. The Morgan fingerprint density at radius 1 is 1.21 bits per heavy atom. The zero-order chi connectivity index (χ0) is 20.1. The average Bonchev–Trinajstić information content (AvgIpc) is 3.13. The minimum atomic E-state index is -3.59. The molecule has 154 valence electrons. The van der Waals surface area contributed by atoms with Crippen molar-refractivity contribution in [2.75, 3.05) is 13.1 Å². The summed E-state index contributed by atoms with van der Waals surface area (Å²) in [6, 6.07) is 6.97. The first kappa shape index (κ1) is 21.0. The van der Waals surface area contributed by atoms with E-state index in [9.17, 15) is 8.42 Å². The lowest BCUT2D eigenvalue weighted by molar-refractivity contribution is 0.180. The van der Waals surface area contributed by atoms with Gasteiger partial charge in [-0.1, -0.05) is 32.0 Å². The summed E-state index contributed by atoms with van der Waals surface area (Å²) in [5.41, 5.74) is 3.76. The van der Waals surface area contributed by atoms with Crippen LogP contribution in [0.5, 0.6) is 0 Å². The van der Waals surface area contributed by atoms with E-state index in [-0.39, 0.29) is 11.6 Å². The molecule has 0 bridgehead atoms. The Morgan fingerprint density at radius 2 is 1.96 bits per heavy atom. The fourth-order valence-electron chi connectivity index (χ4n) is 4.04. The number of benzene rings is 1. The third-order valence-corrected chi connectivity index (χ3v) is 6.72. The molecule has 1 aromatic carbocycles. The van der Waals surface area contributed by atoms with E-state index in [2.05, 4.69) is 40.6 Å². The first-order chi connectivity index (χ1) is 13.4. The molecule has 1 heterocycles. The maximum atomic E-state index is 12.4. The van der Waals surface area contributed by atoms with Crippen molar-refractivity contribution >= 4 is 10.0 Å². The van der Waals surface area contributed by atoms with Crippen LogP contribution in [-0.4, -0.2) is 42.0 Å². The second-order valence-electron chi connectivity index (χ2n) is 7.74. The molecule has 0 spiro atoms. The second kappa shape index (κ2) is 9.20. The number of aryl methyl sites for hydroxylation is 2. The van der Waals surface area contributed by atoms with E-state index in [1.54, 1.807) is 11.6 Å². The molecule has 1 aliphatic rings. The summed E-state index contributed by atoms with van der Waals surface area (Å²) in [5, 5.41) is 0.0581. The van der Waals surface area contributed by atoms with Gasteiger partial charge in [0.05, 0.1) is 6.33 Å². The Hall–Kier alpha value is -1.70. The zero-order valence-electron chi connectivity index (χ0n) is 17.2. The molecule has 7 heteroatoms. The molecular weight excluding hydrogens is 372 g/mol. The van der Waals surface area contributed by atoms with Gasteiger partial charge in [-0.2, -0.15) is 0 Å². The van der Waals surface area contributed by atoms with Gasteiger partial charge in [-0.15, -0.1) is 0 Å². The molecule has 0 fully saturated rings. The fraction of sp³-hybridized carbons (Fsp3) is 0.571. The Kier molecular flexibility index (Phi) is 6.91. The highest BCUT2D eigenvalue weighted by Crippen LogP contribution is 2.26. The number of rotatable bonds is 9. The number of aromatic nitrogens is 2. The van der Waals surface area contributed by atoms with Crippen LogP contribution >= 0.6 is 0 Å². The highest BCUT2D eigenvalue weighted by atomic mass is 32.2. The maximum absolute atomic E-state index is 12.4. The number of hydrogen-bond donors (Lipinski definition) is 1. The number of hydrogen-bond acceptors (Lipinski definition) is 4. The van der Waals surface area contributed by atoms with Gasteiger partial charge in [-0.25, -0.2) is 18.1 Å². The predicted octanol–water partition coefficient (Wildman–Crippen LogP) is 2.88. The van der Waals surface area contributed by atoms with E-state index in [0.29, 0.717) is 6.04 Å². The van der Waals surface area contributed by atoms with Crippen molar-refractivity contribution in [1.82, 2.24) is 19.2 Å². The van der Waals surface area contributed by atoms with E-state index >= 15 is 0 Å². The Bertz CT molecular complexity index is 886. The predicted molar refractivity (Wildman–Crippen MR) is 112 cm³/mol. The summed E-state index contributed by atoms with van der Waals surface area (Å²) in [5.74, 6) is 0. The van der Waals surface area contributed by atoms with Gasteiger partial charge in [0.2, 0.25) is 0 Å². The van der Waals surface area contributed by atoms with Crippen LogP contribution in [0.4, 0.5) is 0 Å². The summed E-state index contributed by atoms with van der Waals surface area (Å²) in [6.45, 7) is 7.07. The first-order valence-corrected chi connectivity index (χ1v) is 11.7. The van der Waals surface area contributed by atoms with Crippen LogP contribution < -0.4 is 4.72 Å². The molecule has 1 unspecified atom stereocenters. The minimum absolute atomic E-state index is 0.0581. The summed E-state index contributed by atoms with van der Waals surface area (Å²) in [4.78, 5) is 6.57. The van der Waals surface area contributed by atoms with Crippen LogP contribution in [0, 0.1) is 0 Å². The maximum Gasteiger partial charge on any atom is 0.259 e. The van der Waals surface area contributed by atoms with Gasteiger partial charge in [0.25, 0.3) is 10.0 Å². The summed E-state index contributed by atoms with van der Waals surface area (Å²) >= 11 is 0. The van der Waals surface area contributed by atoms with Crippen LogP contribution in [0.3, 0.4) is 0 Å². The van der Waals surface area contributed by atoms with E-state index in [1.165, 1.54) is 42.9 Å². The zero-order valence-corrected chi connectivity index (χ0v) is 18.0. The van der Waals surface area contributed by atoms with Crippen molar-refractivity contribution in [3.63, 3.8) is 0 Å². The smallest absolute Gasteiger partial charge is 0.259 e. The molecule has 3 rings (SSSR count). The normalized spacial score (nSPS) is 17.1. The van der Waals surface area contributed by atoms with Gasteiger partial charge >= 0.3 is 0 Å². The molecule has 6 nitrogen and oxygen atoms in total. The molecule has 1 atom stereocenters. The van der Waals surface area contributed by atoms with Crippen LogP contribution in [0.1, 0.15) is 49.8 Å². The lowest BCUT2D eigenvalue weighted by Gasteiger charge is -2.35. The topological polar surface area (TPSA) is 67.2 Å². The lowest BCUT2D eigenvalue weighted by Crippen LogP contribution is -2.40. The molecule has 28 heavy (non-hydrogen) atoms. The van der Waals surface area contributed by atoms with Crippen molar-refractivity contribution in [3.05, 3.63) is 47.4 Å². The second-order valence-corrected chi connectivity index (χ2v) is 9.45. The molecule has 1 N–H and O–H groups in total. The van der Waals surface area contributed by atoms with Crippen molar-refractivity contribution < 1.29 is 8.42 Å². The van der Waals surface area contributed by atoms with E-state index in [0.717, 1.165) is 31.5 Å². The quantitative estimate of drug-likeness (QED) is 0.698. The molecule has 1 aromatic heterocycles. The van der Waals surface area contributed by atoms with Crippen LogP contribution in [-0.2, 0) is 36.5 Å².